The largest absolute Gasteiger partial charge is 0.339 e. The van der Waals surface area contributed by atoms with Crippen LogP contribution in [-0.4, -0.2) is 16.2 Å². The maximum atomic E-state index is 5.77. The molecule has 100 valence electrons. The second-order valence-corrected chi connectivity index (χ2v) is 5.37. The number of hydrogen-bond donors (Lipinski definition) is 1. The minimum atomic E-state index is 0.0593. The minimum absolute atomic E-state index is 0.0593. The van der Waals surface area contributed by atoms with Gasteiger partial charge in [0.2, 0.25) is 5.89 Å². The Kier molecular flexibility index (Phi) is 3.34. The number of rotatable bonds is 3. The number of aryl methyl sites for hydroxylation is 1. The average molecular weight is 257 g/mol. The van der Waals surface area contributed by atoms with E-state index in [-0.39, 0.29) is 12.0 Å². The topological polar surface area (TPSA) is 64.9 Å². The van der Waals surface area contributed by atoms with Crippen LogP contribution in [0.15, 0.2) is 28.8 Å². The van der Waals surface area contributed by atoms with Gasteiger partial charge in [-0.05, 0) is 37.3 Å². The molecule has 4 nitrogen and oxygen atoms in total. The lowest BCUT2D eigenvalue weighted by atomic mass is 9.83. The molecule has 4 heteroatoms. The Morgan fingerprint density at radius 1 is 1.42 bits per heavy atom. The van der Waals surface area contributed by atoms with Crippen LogP contribution in [0.3, 0.4) is 0 Å². The lowest BCUT2D eigenvalue weighted by Gasteiger charge is -2.22. The van der Waals surface area contributed by atoms with Gasteiger partial charge in [-0.25, -0.2) is 0 Å². The van der Waals surface area contributed by atoms with E-state index in [1.807, 2.05) is 6.92 Å². The van der Waals surface area contributed by atoms with Crippen molar-refractivity contribution in [3.63, 3.8) is 0 Å². The van der Waals surface area contributed by atoms with Crippen LogP contribution in [0.1, 0.15) is 48.5 Å². The summed E-state index contributed by atoms with van der Waals surface area (Å²) in [5.74, 6) is 1.70. The van der Waals surface area contributed by atoms with Gasteiger partial charge in [-0.2, -0.15) is 4.98 Å². The van der Waals surface area contributed by atoms with Crippen molar-refractivity contribution in [3.8, 4) is 0 Å². The predicted octanol–water partition coefficient (Wildman–Crippen LogP) is 2.43. The summed E-state index contributed by atoms with van der Waals surface area (Å²) in [6, 6.07) is 8.60. The molecule has 0 fully saturated rings. The monoisotopic (exact) mass is 257 g/mol. The fourth-order valence-corrected chi connectivity index (χ4v) is 2.79. The van der Waals surface area contributed by atoms with Crippen LogP contribution in [0.4, 0.5) is 0 Å². The van der Waals surface area contributed by atoms with Crippen molar-refractivity contribution in [2.24, 2.45) is 5.73 Å². The predicted molar refractivity (Wildman–Crippen MR) is 72.9 cm³/mol. The summed E-state index contributed by atoms with van der Waals surface area (Å²) in [4.78, 5) is 4.52. The molecule has 0 saturated carbocycles. The maximum absolute atomic E-state index is 5.77. The molecule has 2 unspecified atom stereocenters. The Morgan fingerprint density at radius 2 is 2.26 bits per heavy atom. The van der Waals surface area contributed by atoms with Crippen LogP contribution in [0, 0.1) is 0 Å². The van der Waals surface area contributed by atoms with Gasteiger partial charge in [-0.3, -0.25) is 0 Å². The van der Waals surface area contributed by atoms with Crippen molar-refractivity contribution in [3.05, 3.63) is 47.1 Å². The molecule has 0 aliphatic heterocycles. The lowest BCUT2D eigenvalue weighted by molar-refractivity contribution is 0.350. The van der Waals surface area contributed by atoms with E-state index in [4.69, 9.17) is 10.3 Å². The molecular weight excluding hydrogens is 238 g/mol. The Bertz CT molecular complexity index is 562. The third kappa shape index (κ3) is 2.54. The van der Waals surface area contributed by atoms with Gasteiger partial charge >= 0.3 is 0 Å². The highest BCUT2D eigenvalue weighted by Crippen LogP contribution is 2.35. The molecular formula is C15H19N3O. The van der Waals surface area contributed by atoms with E-state index in [1.54, 1.807) is 0 Å². The molecule has 0 amide bonds. The average Bonchev–Trinajstić information content (AvgIpc) is 2.85. The molecule has 3 rings (SSSR count). The molecule has 0 radical (unpaired) electrons. The Labute approximate surface area is 113 Å². The molecule has 1 aliphatic carbocycles. The molecule has 1 aliphatic rings. The van der Waals surface area contributed by atoms with Crippen molar-refractivity contribution in [1.29, 1.82) is 0 Å². The molecule has 1 heterocycles. The molecule has 19 heavy (non-hydrogen) atoms. The normalized spacial score (nSPS) is 20.0. The molecule has 0 bridgehead atoms. The van der Waals surface area contributed by atoms with Gasteiger partial charge in [-0.1, -0.05) is 29.4 Å². The van der Waals surface area contributed by atoms with Crippen LogP contribution in [-0.2, 0) is 12.8 Å². The summed E-state index contributed by atoms with van der Waals surface area (Å²) >= 11 is 0. The van der Waals surface area contributed by atoms with Crippen LogP contribution >= 0.6 is 0 Å². The molecule has 0 spiro atoms. The highest BCUT2D eigenvalue weighted by atomic mass is 16.5. The second kappa shape index (κ2) is 5.13. The van der Waals surface area contributed by atoms with E-state index in [0.717, 1.165) is 18.7 Å². The van der Waals surface area contributed by atoms with Crippen LogP contribution < -0.4 is 5.73 Å². The Morgan fingerprint density at radius 3 is 3.11 bits per heavy atom. The first-order valence-electron chi connectivity index (χ1n) is 6.90. The zero-order chi connectivity index (χ0) is 13.2. The van der Waals surface area contributed by atoms with E-state index in [2.05, 4.69) is 34.4 Å². The highest BCUT2D eigenvalue weighted by molar-refractivity contribution is 5.35. The second-order valence-electron chi connectivity index (χ2n) is 5.37. The van der Waals surface area contributed by atoms with E-state index >= 15 is 0 Å². The number of nitrogens with two attached hydrogens (primary N) is 1. The van der Waals surface area contributed by atoms with Gasteiger partial charge in [0.1, 0.15) is 0 Å². The van der Waals surface area contributed by atoms with Crippen molar-refractivity contribution in [2.75, 3.05) is 0 Å². The van der Waals surface area contributed by atoms with E-state index in [1.165, 1.54) is 17.5 Å². The minimum Gasteiger partial charge on any atom is -0.339 e. The van der Waals surface area contributed by atoms with Crippen molar-refractivity contribution < 1.29 is 4.52 Å². The molecule has 1 aromatic heterocycles. The number of aromatic nitrogens is 2. The molecule has 0 saturated heterocycles. The standard InChI is InChI=1S/C15H19N3O/c1-10(16)9-14-17-15(19-18-14)13-8-4-6-11-5-2-3-7-12(11)13/h2-3,5,7,10,13H,4,6,8-9,16H2,1H3. The summed E-state index contributed by atoms with van der Waals surface area (Å²) in [6.07, 6.45) is 4.06. The number of benzene rings is 1. The zero-order valence-corrected chi connectivity index (χ0v) is 11.2. The van der Waals surface area contributed by atoms with Crippen molar-refractivity contribution >= 4 is 0 Å². The first-order valence-corrected chi connectivity index (χ1v) is 6.90. The Hall–Kier alpha value is -1.68. The zero-order valence-electron chi connectivity index (χ0n) is 11.2. The first kappa shape index (κ1) is 12.4. The van der Waals surface area contributed by atoms with Crippen molar-refractivity contribution in [1.82, 2.24) is 10.1 Å². The SMILES string of the molecule is CC(N)Cc1noc(C2CCCc3ccccc32)n1. The van der Waals surface area contributed by atoms with E-state index in [0.29, 0.717) is 12.2 Å². The van der Waals surface area contributed by atoms with Gasteiger partial charge in [0.05, 0.1) is 5.92 Å². The van der Waals surface area contributed by atoms with Crippen LogP contribution in [0.2, 0.25) is 0 Å². The number of nitrogens with zero attached hydrogens (tertiary/aromatic N) is 2. The third-order valence-corrected chi connectivity index (χ3v) is 3.66. The van der Waals surface area contributed by atoms with Crippen molar-refractivity contribution in [2.45, 2.75) is 44.6 Å². The van der Waals surface area contributed by atoms with Gasteiger partial charge < -0.3 is 10.3 Å². The summed E-state index contributed by atoms with van der Waals surface area (Å²) in [7, 11) is 0. The van der Waals surface area contributed by atoms with E-state index < -0.39 is 0 Å². The molecule has 2 atom stereocenters. The fourth-order valence-electron chi connectivity index (χ4n) is 2.79. The summed E-state index contributed by atoms with van der Waals surface area (Å²) in [6.45, 7) is 1.95. The lowest BCUT2D eigenvalue weighted by Crippen LogP contribution is -2.18. The molecule has 2 N–H and O–H groups in total. The van der Waals surface area contributed by atoms with Gasteiger partial charge in [-0.15, -0.1) is 0 Å². The smallest absolute Gasteiger partial charge is 0.234 e. The highest BCUT2D eigenvalue weighted by Gasteiger charge is 2.26. The van der Waals surface area contributed by atoms with Gasteiger partial charge in [0, 0.05) is 12.5 Å². The van der Waals surface area contributed by atoms with Gasteiger partial charge in [0.15, 0.2) is 5.82 Å². The maximum Gasteiger partial charge on any atom is 0.234 e. The summed E-state index contributed by atoms with van der Waals surface area (Å²) in [5, 5.41) is 4.04. The summed E-state index contributed by atoms with van der Waals surface area (Å²) < 4.78 is 5.45. The number of hydrogen-bond acceptors (Lipinski definition) is 4. The summed E-state index contributed by atoms with van der Waals surface area (Å²) in [5.41, 5.74) is 8.51. The van der Waals surface area contributed by atoms with Gasteiger partial charge in [0.25, 0.3) is 0 Å². The van der Waals surface area contributed by atoms with Crippen LogP contribution in [0.5, 0.6) is 0 Å². The molecule has 1 aromatic carbocycles. The number of fused-ring (bicyclic) bond motifs is 1. The quantitative estimate of drug-likeness (QED) is 0.917. The molecule has 2 aromatic rings. The third-order valence-electron chi connectivity index (χ3n) is 3.66. The van der Waals surface area contributed by atoms with Crippen LogP contribution in [0.25, 0.3) is 0 Å². The first-order chi connectivity index (χ1) is 9.24. The fraction of sp³-hybridized carbons (Fsp3) is 0.467. The van der Waals surface area contributed by atoms with E-state index in [9.17, 15) is 0 Å². The Balaban J connectivity index is 1.89.